The maximum absolute atomic E-state index is 10.0. The van der Waals surface area contributed by atoms with Gasteiger partial charge < -0.3 is 9.13 Å². The summed E-state index contributed by atoms with van der Waals surface area (Å²) in [6, 6.07) is 66.7. The van der Waals surface area contributed by atoms with E-state index in [4.69, 9.17) is 0 Å². The number of para-hydroxylation sites is 3. The molecule has 2 heterocycles. The van der Waals surface area contributed by atoms with Gasteiger partial charge in [0.25, 0.3) is 0 Å². The molecule has 0 aliphatic heterocycles. The summed E-state index contributed by atoms with van der Waals surface area (Å²) in [4.78, 5) is 0. The van der Waals surface area contributed by atoms with E-state index in [1.54, 1.807) is 0 Å². The Morgan fingerprint density at radius 3 is 1.73 bits per heavy atom. The van der Waals surface area contributed by atoms with Crippen LogP contribution in [0.15, 0.2) is 176 Å². The van der Waals surface area contributed by atoms with Crippen LogP contribution in [0.25, 0.3) is 88.4 Å². The zero-order valence-electron chi connectivity index (χ0n) is 30.0. The largest absolute Gasteiger partial charge is 0.309 e. The summed E-state index contributed by atoms with van der Waals surface area (Å²) in [5.74, 6) is 0. The van der Waals surface area contributed by atoms with Crippen LogP contribution in [-0.2, 0) is 0 Å². The van der Waals surface area contributed by atoms with Crippen LogP contribution >= 0.6 is 0 Å². The molecule has 10 rings (SSSR count). The van der Waals surface area contributed by atoms with Crippen molar-refractivity contribution in [2.24, 2.45) is 0 Å². The average molecular weight is 712 g/mol. The van der Waals surface area contributed by atoms with Crippen molar-refractivity contribution in [3.8, 4) is 63.0 Å². The molecule has 10 aromatic rings. The minimum atomic E-state index is 0.576. The quantitative estimate of drug-likeness (QED) is 0.178. The van der Waals surface area contributed by atoms with Gasteiger partial charge in [0.1, 0.15) is 6.07 Å². The molecule has 2 aromatic heterocycles. The average Bonchev–Trinajstić information content (AvgIpc) is 3.78. The predicted molar refractivity (Wildman–Crippen MR) is 226 cm³/mol. The minimum Gasteiger partial charge on any atom is -0.309 e. The van der Waals surface area contributed by atoms with Crippen LogP contribution in [0.1, 0.15) is 16.7 Å². The van der Waals surface area contributed by atoms with E-state index in [1.807, 2.05) is 72.8 Å². The smallest absolute Gasteiger partial charge is 0.101 e. The van der Waals surface area contributed by atoms with Gasteiger partial charge in [0, 0.05) is 32.8 Å². The van der Waals surface area contributed by atoms with Crippen LogP contribution < -0.4 is 0 Å². The second kappa shape index (κ2) is 13.0. The lowest BCUT2D eigenvalue weighted by molar-refractivity contribution is 1.17. The third-order valence-electron chi connectivity index (χ3n) is 10.8. The Morgan fingerprint density at radius 2 is 0.929 bits per heavy atom. The SMILES string of the molecule is N#Cc1cccc(-n2c3ccc(C#N)cc3c3cccc(-c4ccccc4-c4ccccc4-c4ccc5c(c4)c4ccccc4n5-c4ccccc4C#N)c32)c1. The standard InChI is InChI=1S/C51H29N5/c52-30-33-11-9-13-37(27-33)55-49-25-23-34(31-53)28-45(49)44-20-10-19-43(51(44)55)41-17-5-4-16-40(41)39-15-3-2-14-38(39)35-24-26-50-46(29-35)42-18-6-8-22-48(42)56(50)47-21-7-1-12-36(47)32-54/h1-29H. The lowest BCUT2D eigenvalue weighted by atomic mass is 9.88. The van der Waals surface area contributed by atoms with Gasteiger partial charge in [-0.25, -0.2) is 0 Å². The Balaban J connectivity index is 1.21. The van der Waals surface area contributed by atoms with E-state index in [9.17, 15) is 15.8 Å². The number of hydrogen-bond acceptors (Lipinski definition) is 3. The minimum absolute atomic E-state index is 0.576. The molecule has 0 unspecified atom stereocenters. The number of aromatic nitrogens is 2. The summed E-state index contributed by atoms with van der Waals surface area (Å²) >= 11 is 0. The second-order valence-electron chi connectivity index (χ2n) is 13.8. The highest BCUT2D eigenvalue weighted by atomic mass is 15.0. The van der Waals surface area contributed by atoms with Crippen LogP contribution in [0, 0.1) is 34.0 Å². The topological polar surface area (TPSA) is 81.2 Å². The van der Waals surface area contributed by atoms with Crippen LogP contribution in [0.5, 0.6) is 0 Å². The lowest BCUT2D eigenvalue weighted by Gasteiger charge is -2.17. The third kappa shape index (κ3) is 4.99. The molecule has 56 heavy (non-hydrogen) atoms. The highest BCUT2D eigenvalue weighted by molar-refractivity contribution is 6.15. The summed E-state index contributed by atoms with van der Waals surface area (Å²) in [5, 5.41) is 34.0. The fourth-order valence-corrected chi connectivity index (χ4v) is 8.42. The first-order valence-electron chi connectivity index (χ1n) is 18.4. The van der Waals surface area contributed by atoms with Crippen LogP contribution in [0.4, 0.5) is 0 Å². The Morgan fingerprint density at radius 1 is 0.357 bits per heavy atom. The molecule has 0 aliphatic carbocycles. The van der Waals surface area contributed by atoms with Gasteiger partial charge >= 0.3 is 0 Å². The molecule has 0 fully saturated rings. The number of nitriles is 3. The van der Waals surface area contributed by atoms with Gasteiger partial charge in [-0.2, -0.15) is 15.8 Å². The van der Waals surface area contributed by atoms with Crippen molar-refractivity contribution in [1.29, 1.82) is 15.8 Å². The molecule has 0 aliphatic rings. The zero-order valence-corrected chi connectivity index (χ0v) is 30.0. The molecular formula is C51H29N5. The van der Waals surface area contributed by atoms with Gasteiger partial charge in [0.2, 0.25) is 0 Å². The first-order valence-corrected chi connectivity index (χ1v) is 18.4. The van der Waals surface area contributed by atoms with Crippen molar-refractivity contribution in [1.82, 2.24) is 9.13 Å². The van der Waals surface area contributed by atoms with Crippen molar-refractivity contribution < 1.29 is 0 Å². The van der Waals surface area contributed by atoms with Crippen molar-refractivity contribution >= 4 is 43.6 Å². The maximum Gasteiger partial charge on any atom is 0.101 e. The molecular weight excluding hydrogens is 683 g/mol. The van der Waals surface area contributed by atoms with E-state index in [0.717, 1.165) is 88.4 Å². The molecule has 5 heteroatoms. The van der Waals surface area contributed by atoms with Gasteiger partial charge in [-0.1, -0.05) is 109 Å². The predicted octanol–water partition coefficient (Wildman–Crippen LogP) is 12.5. The molecule has 0 bridgehead atoms. The first-order chi connectivity index (χ1) is 27.7. The summed E-state index contributed by atoms with van der Waals surface area (Å²) in [7, 11) is 0. The normalized spacial score (nSPS) is 11.2. The van der Waals surface area contributed by atoms with Gasteiger partial charge in [0.05, 0.1) is 56.6 Å². The van der Waals surface area contributed by atoms with E-state index in [1.165, 1.54) is 0 Å². The molecule has 0 spiro atoms. The molecule has 8 aromatic carbocycles. The van der Waals surface area contributed by atoms with E-state index in [2.05, 4.69) is 130 Å². The third-order valence-corrected chi connectivity index (χ3v) is 10.8. The number of benzene rings is 8. The molecule has 0 N–H and O–H groups in total. The summed E-state index contributed by atoms with van der Waals surface area (Å²) in [6.45, 7) is 0. The maximum atomic E-state index is 10.0. The number of rotatable bonds is 5. The molecule has 5 nitrogen and oxygen atoms in total. The Hall–Kier alpha value is -8.17. The van der Waals surface area contributed by atoms with Gasteiger partial charge in [-0.05, 0) is 94.5 Å². The summed E-state index contributed by atoms with van der Waals surface area (Å²) < 4.78 is 4.42. The van der Waals surface area contributed by atoms with Crippen LogP contribution in [0.3, 0.4) is 0 Å². The molecule has 0 amide bonds. The van der Waals surface area contributed by atoms with Gasteiger partial charge in [0.15, 0.2) is 0 Å². The second-order valence-corrected chi connectivity index (χ2v) is 13.8. The van der Waals surface area contributed by atoms with Crippen molar-refractivity contribution in [3.63, 3.8) is 0 Å². The molecule has 0 saturated heterocycles. The Kier molecular flexibility index (Phi) is 7.57. The van der Waals surface area contributed by atoms with Crippen molar-refractivity contribution in [3.05, 3.63) is 193 Å². The summed E-state index contributed by atoms with van der Waals surface area (Å²) in [5.41, 5.74) is 14.1. The summed E-state index contributed by atoms with van der Waals surface area (Å²) in [6.07, 6.45) is 0. The zero-order chi connectivity index (χ0) is 37.8. The van der Waals surface area contributed by atoms with E-state index in [-0.39, 0.29) is 0 Å². The van der Waals surface area contributed by atoms with E-state index >= 15 is 0 Å². The Labute approximate surface area is 323 Å². The van der Waals surface area contributed by atoms with Crippen LogP contribution in [0.2, 0.25) is 0 Å². The first kappa shape index (κ1) is 32.5. The monoisotopic (exact) mass is 711 g/mol. The number of hydrogen-bond donors (Lipinski definition) is 0. The Bertz CT molecular complexity index is 3360. The highest BCUT2D eigenvalue weighted by Gasteiger charge is 2.21. The van der Waals surface area contributed by atoms with Gasteiger partial charge in [-0.15, -0.1) is 0 Å². The van der Waals surface area contributed by atoms with Crippen molar-refractivity contribution in [2.75, 3.05) is 0 Å². The molecule has 258 valence electrons. The van der Waals surface area contributed by atoms with E-state index in [0.29, 0.717) is 16.7 Å². The molecule has 0 radical (unpaired) electrons. The lowest BCUT2D eigenvalue weighted by Crippen LogP contribution is -1.97. The number of fused-ring (bicyclic) bond motifs is 6. The fraction of sp³-hybridized carbons (Fsp3) is 0. The molecule has 0 saturated carbocycles. The molecule has 0 atom stereocenters. The highest BCUT2D eigenvalue weighted by Crippen LogP contribution is 2.44. The van der Waals surface area contributed by atoms with E-state index < -0.39 is 0 Å². The van der Waals surface area contributed by atoms with Crippen molar-refractivity contribution in [2.45, 2.75) is 0 Å². The van der Waals surface area contributed by atoms with Crippen LogP contribution in [-0.4, -0.2) is 9.13 Å². The number of nitrogens with zero attached hydrogens (tertiary/aromatic N) is 5. The fourth-order valence-electron chi connectivity index (χ4n) is 8.42. The van der Waals surface area contributed by atoms with Gasteiger partial charge in [-0.3, -0.25) is 0 Å².